The van der Waals surface area contributed by atoms with Gasteiger partial charge in [-0.1, -0.05) is 24.3 Å². The zero-order valence-electron chi connectivity index (χ0n) is 22.5. The number of esters is 1. The highest BCUT2D eigenvalue weighted by Crippen LogP contribution is 2.16. The minimum absolute atomic E-state index is 0.0767. The molecule has 1 atom stereocenters. The van der Waals surface area contributed by atoms with Crippen LogP contribution in [0.25, 0.3) is 0 Å². The molecule has 2 aromatic carbocycles. The second-order valence-electron chi connectivity index (χ2n) is 8.51. The van der Waals surface area contributed by atoms with Crippen molar-refractivity contribution in [2.45, 2.75) is 58.4 Å². The Morgan fingerprint density at radius 3 is 2.08 bits per heavy atom. The van der Waals surface area contributed by atoms with Crippen molar-refractivity contribution in [1.82, 2.24) is 0 Å². The van der Waals surface area contributed by atoms with Gasteiger partial charge in [0.05, 0.1) is 32.1 Å². The van der Waals surface area contributed by atoms with Crippen molar-refractivity contribution in [1.29, 1.82) is 0 Å². The molecule has 0 aliphatic heterocycles. The molecule has 0 saturated heterocycles. The van der Waals surface area contributed by atoms with Crippen molar-refractivity contribution in [2.75, 3.05) is 32.3 Å². The van der Waals surface area contributed by atoms with E-state index in [4.69, 9.17) is 19.9 Å². The van der Waals surface area contributed by atoms with Crippen LogP contribution in [0.4, 0.5) is 0 Å². The number of benzene rings is 2. The molecule has 7 nitrogen and oxygen atoms in total. The largest absolute Gasteiger partial charge is 0.497 e. The molecule has 0 radical (unpaired) electrons. The van der Waals surface area contributed by atoms with Gasteiger partial charge < -0.3 is 19.9 Å². The Morgan fingerprint density at radius 1 is 0.919 bits per heavy atom. The van der Waals surface area contributed by atoms with Crippen LogP contribution >= 0.6 is 11.8 Å². The molecule has 2 rings (SSSR count). The third kappa shape index (κ3) is 15.1. The molecule has 2 N–H and O–H groups in total. The van der Waals surface area contributed by atoms with Gasteiger partial charge in [-0.3, -0.25) is 14.4 Å². The molecule has 0 unspecified atom stereocenters. The van der Waals surface area contributed by atoms with Crippen molar-refractivity contribution in [3.63, 3.8) is 0 Å². The average Bonchev–Trinajstić information content (AvgIpc) is 2.88. The number of Topliss-reactive ketones (excluding diaryl/α,β-unsaturated/α-hetero) is 2. The van der Waals surface area contributed by atoms with Crippen LogP contribution in [0, 0.1) is 0 Å². The number of aryl methyl sites for hydroxylation is 1. The molecule has 2 aromatic rings. The Balaban J connectivity index is 0.00000102. The van der Waals surface area contributed by atoms with Gasteiger partial charge >= 0.3 is 5.97 Å². The van der Waals surface area contributed by atoms with E-state index in [9.17, 15) is 14.4 Å². The molecule has 0 spiro atoms. The summed E-state index contributed by atoms with van der Waals surface area (Å²) in [4.78, 5) is 33.7. The van der Waals surface area contributed by atoms with E-state index in [2.05, 4.69) is 0 Å². The van der Waals surface area contributed by atoms with Gasteiger partial charge in [0, 0.05) is 12.8 Å². The van der Waals surface area contributed by atoms with E-state index in [0.29, 0.717) is 44.6 Å². The molecular formula is C29H41NO6S. The van der Waals surface area contributed by atoms with Crippen molar-refractivity contribution in [3.8, 4) is 11.5 Å². The number of ether oxygens (including phenoxy) is 3. The van der Waals surface area contributed by atoms with Gasteiger partial charge in [0.2, 0.25) is 0 Å². The molecule has 0 heterocycles. The summed E-state index contributed by atoms with van der Waals surface area (Å²) in [6.45, 7) is 4.23. The van der Waals surface area contributed by atoms with Gasteiger partial charge in [-0.05, 0) is 81.2 Å². The molecule has 0 amide bonds. The van der Waals surface area contributed by atoms with E-state index in [-0.39, 0.29) is 17.5 Å². The Bertz CT molecular complexity index is 930. The highest BCUT2D eigenvalue weighted by Gasteiger charge is 2.14. The smallest absolute Gasteiger partial charge is 0.305 e. The monoisotopic (exact) mass is 531 g/mol. The molecule has 0 fully saturated rings. The summed E-state index contributed by atoms with van der Waals surface area (Å²) >= 11 is 1.56. The van der Waals surface area contributed by atoms with Gasteiger partial charge in [0.15, 0.2) is 0 Å². The van der Waals surface area contributed by atoms with E-state index in [1.807, 2.05) is 54.8 Å². The molecule has 0 aliphatic rings. The maximum absolute atomic E-state index is 12.4. The predicted molar refractivity (Wildman–Crippen MR) is 149 cm³/mol. The number of methoxy groups -OCH3 is 1. The maximum Gasteiger partial charge on any atom is 0.305 e. The number of thioether (sulfide) groups is 1. The van der Waals surface area contributed by atoms with Gasteiger partial charge in [-0.25, -0.2) is 0 Å². The molecule has 0 bridgehead atoms. The van der Waals surface area contributed by atoms with Crippen LogP contribution in [0.5, 0.6) is 11.5 Å². The van der Waals surface area contributed by atoms with Gasteiger partial charge in [0.1, 0.15) is 23.1 Å². The van der Waals surface area contributed by atoms with Crippen LogP contribution in [0.1, 0.15) is 50.7 Å². The summed E-state index contributed by atoms with van der Waals surface area (Å²) in [6.07, 6.45) is 5.46. The highest BCUT2D eigenvalue weighted by molar-refractivity contribution is 7.99. The molecule has 0 aliphatic carbocycles. The number of rotatable bonds is 16. The van der Waals surface area contributed by atoms with E-state index < -0.39 is 6.04 Å². The first kappa shape index (κ1) is 32.2. The lowest BCUT2D eigenvalue weighted by molar-refractivity contribution is -0.143. The normalized spacial score (nSPS) is 11.1. The number of carbonyl (C=O) groups is 3. The lowest BCUT2D eigenvalue weighted by Gasteiger charge is -2.12. The van der Waals surface area contributed by atoms with Crippen LogP contribution in [0.15, 0.2) is 48.5 Å². The van der Waals surface area contributed by atoms with Gasteiger partial charge in [-0.15, -0.1) is 0 Å². The fourth-order valence-electron chi connectivity index (χ4n) is 3.38. The van der Waals surface area contributed by atoms with Crippen LogP contribution in [-0.2, 0) is 32.0 Å². The van der Waals surface area contributed by atoms with Crippen molar-refractivity contribution >= 4 is 29.3 Å². The van der Waals surface area contributed by atoms with E-state index in [0.717, 1.165) is 29.9 Å². The lowest BCUT2D eigenvalue weighted by Crippen LogP contribution is -2.32. The van der Waals surface area contributed by atoms with Crippen molar-refractivity contribution in [3.05, 3.63) is 59.7 Å². The zero-order valence-corrected chi connectivity index (χ0v) is 23.3. The zero-order chi connectivity index (χ0) is 27.5. The molecule has 204 valence electrons. The fourth-order valence-corrected chi connectivity index (χ4v) is 3.78. The SMILES string of the molecule is CCOC(=O)CCCOc1ccc(C[C@H](N)C(=O)CCCc2ccc(OC)cc2)cc1.CSCC(C)=O. The quantitative estimate of drug-likeness (QED) is 0.243. The van der Waals surface area contributed by atoms with Crippen molar-refractivity contribution < 1.29 is 28.6 Å². The number of ketones is 2. The number of hydrogen-bond donors (Lipinski definition) is 1. The van der Waals surface area contributed by atoms with Crippen LogP contribution < -0.4 is 15.2 Å². The Morgan fingerprint density at radius 2 is 1.54 bits per heavy atom. The van der Waals surface area contributed by atoms with E-state index >= 15 is 0 Å². The van der Waals surface area contributed by atoms with Crippen LogP contribution in [0.2, 0.25) is 0 Å². The number of carbonyl (C=O) groups excluding carboxylic acids is 3. The summed E-state index contributed by atoms with van der Waals surface area (Å²) in [5.74, 6) is 2.33. The fraction of sp³-hybridized carbons (Fsp3) is 0.483. The average molecular weight is 532 g/mol. The standard InChI is InChI=1S/C25H33NO5.C4H8OS/c1-3-30-25(28)8-5-17-31-22-15-11-20(12-16-22)18-23(26)24(27)7-4-6-19-9-13-21(29-2)14-10-19;1-4(5)3-6-2/h9-16,23H,3-8,17-18,26H2,1-2H3;3H2,1-2H3/t23-;/m0./s1. The summed E-state index contributed by atoms with van der Waals surface area (Å²) in [6, 6.07) is 14.9. The van der Waals surface area contributed by atoms with E-state index in [1.54, 1.807) is 32.7 Å². The van der Waals surface area contributed by atoms with Crippen LogP contribution in [-0.4, -0.2) is 55.9 Å². The molecule has 37 heavy (non-hydrogen) atoms. The molecular weight excluding hydrogens is 490 g/mol. The maximum atomic E-state index is 12.4. The highest BCUT2D eigenvalue weighted by atomic mass is 32.2. The summed E-state index contributed by atoms with van der Waals surface area (Å²) in [5.41, 5.74) is 8.29. The number of nitrogens with two attached hydrogens (primary N) is 1. The molecule has 0 aromatic heterocycles. The first-order valence-corrected chi connectivity index (χ1v) is 13.9. The van der Waals surface area contributed by atoms with Crippen molar-refractivity contribution in [2.24, 2.45) is 5.73 Å². The first-order chi connectivity index (χ1) is 17.8. The third-order valence-corrected chi connectivity index (χ3v) is 5.98. The minimum atomic E-state index is -0.507. The predicted octanol–water partition coefficient (Wildman–Crippen LogP) is 4.82. The molecule has 8 heteroatoms. The molecule has 0 saturated carbocycles. The second-order valence-corrected chi connectivity index (χ2v) is 9.38. The summed E-state index contributed by atoms with van der Waals surface area (Å²) in [5, 5.41) is 0. The van der Waals surface area contributed by atoms with Gasteiger partial charge in [-0.2, -0.15) is 11.8 Å². The number of hydrogen-bond acceptors (Lipinski definition) is 8. The Kier molecular flexibility index (Phi) is 16.8. The second kappa shape index (κ2) is 19.3. The summed E-state index contributed by atoms with van der Waals surface area (Å²) < 4.78 is 15.7. The lowest BCUT2D eigenvalue weighted by atomic mass is 9.98. The van der Waals surface area contributed by atoms with Crippen LogP contribution in [0.3, 0.4) is 0 Å². The summed E-state index contributed by atoms with van der Waals surface area (Å²) in [7, 11) is 1.64. The Labute approximate surface area is 225 Å². The van der Waals surface area contributed by atoms with E-state index in [1.165, 1.54) is 5.56 Å². The topological polar surface area (TPSA) is 105 Å². The first-order valence-electron chi connectivity index (χ1n) is 12.6. The minimum Gasteiger partial charge on any atom is -0.497 e. The third-order valence-electron chi connectivity index (χ3n) is 5.29. The Hall–Kier alpha value is -2.84. The van der Waals surface area contributed by atoms with Gasteiger partial charge in [0.25, 0.3) is 0 Å².